The predicted octanol–water partition coefficient (Wildman–Crippen LogP) is 1.46. The number of ether oxygens (including phenoxy) is 1. The summed E-state index contributed by atoms with van der Waals surface area (Å²) in [5, 5.41) is 13.8. The summed E-state index contributed by atoms with van der Waals surface area (Å²) in [4.78, 5) is 22.4. The maximum atomic E-state index is 13.4. The van der Waals surface area contributed by atoms with Crippen molar-refractivity contribution < 1.29 is 18.3 Å². The van der Waals surface area contributed by atoms with Crippen molar-refractivity contribution in [2.45, 2.75) is 38.5 Å². The monoisotopic (exact) mass is 540 g/mol. The van der Waals surface area contributed by atoms with E-state index in [4.69, 9.17) is 9.84 Å². The Hall–Kier alpha value is -2.51. The first-order chi connectivity index (χ1) is 16.8. The Bertz CT molecular complexity index is 1370. The molecule has 0 amide bonds. The maximum absolute atomic E-state index is 13.4. The van der Waals surface area contributed by atoms with Crippen LogP contribution >= 0.6 is 12.4 Å². The number of β-amino-alcohol motifs (C(OH)–C–C–N with tert-alkyl or cyclic N) is 1. The molecule has 0 spiro atoms. The van der Waals surface area contributed by atoms with Gasteiger partial charge in [-0.25, -0.2) is 17.9 Å². The van der Waals surface area contributed by atoms with Crippen molar-refractivity contribution in [1.82, 2.24) is 28.8 Å². The molecule has 198 valence electrons. The highest BCUT2D eigenvalue weighted by Gasteiger charge is 2.29. The summed E-state index contributed by atoms with van der Waals surface area (Å²) >= 11 is 0. The van der Waals surface area contributed by atoms with Crippen LogP contribution in [0, 0.1) is 6.92 Å². The van der Waals surface area contributed by atoms with Crippen molar-refractivity contribution in [2.75, 3.05) is 45.9 Å². The van der Waals surface area contributed by atoms with Gasteiger partial charge in [0.15, 0.2) is 11.3 Å². The summed E-state index contributed by atoms with van der Waals surface area (Å²) < 4.78 is 35.6. The fourth-order valence-electron chi connectivity index (χ4n) is 4.36. The van der Waals surface area contributed by atoms with Gasteiger partial charge in [0.2, 0.25) is 10.0 Å². The standard InChI is InChI=1S/C23H32N6O5S.ClH/c1-4-6-20-24-16(3)21-23(31)25-22(26-29(20)21)18-15-17(7-8-19(18)34-5-2)35(32,33)28-11-9-27(10-12-28)13-14-30;/h7-8,15,30H,4-6,9-14H2,1-3H3,(H,25,26,31);1H. The molecule has 4 rings (SSSR count). The molecule has 0 unspecified atom stereocenters. The minimum absolute atomic E-state index is 0. The summed E-state index contributed by atoms with van der Waals surface area (Å²) in [6.45, 7) is 8.32. The molecule has 0 atom stereocenters. The van der Waals surface area contributed by atoms with Gasteiger partial charge in [-0.05, 0) is 38.5 Å². The van der Waals surface area contributed by atoms with E-state index < -0.39 is 10.0 Å². The van der Waals surface area contributed by atoms with Crippen LogP contribution in [0.3, 0.4) is 0 Å². The maximum Gasteiger partial charge on any atom is 0.277 e. The van der Waals surface area contributed by atoms with Crippen LogP contribution in [-0.4, -0.2) is 88.2 Å². The number of nitrogens with zero attached hydrogens (tertiary/aromatic N) is 5. The Balaban J connectivity index is 0.00000361. The molecule has 0 aliphatic carbocycles. The van der Waals surface area contributed by atoms with Gasteiger partial charge in [-0.3, -0.25) is 9.69 Å². The Morgan fingerprint density at radius 2 is 1.89 bits per heavy atom. The van der Waals surface area contributed by atoms with E-state index in [9.17, 15) is 13.2 Å². The van der Waals surface area contributed by atoms with Gasteiger partial charge in [0.25, 0.3) is 5.56 Å². The fourth-order valence-corrected chi connectivity index (χ4v) is 5.81. The van der Waals surface area contributed by atoms with E-state index in [0.717, 1.165) is 6.42 Å². The number of imidazole rings is 1. The Morgan fingerprint density at radius 3 is 2.53 bits per heavy atom. The van der Waals surface area contributed by atoms with Crippen molar-refractivity contribution in [3.05, 3.63) is 40.1 Å². The highest BCUT2D eigenvalue weighted by atomic mass is 35.5. The molecule has 0 saturated carbocycles. The van der Waals surface area contributed by atoms with E-state index >= 15 is 0 Å². The molecule has 0 radical (unpaired) electrons. The van der Waals surface area contributed by atoms with E-state index in [2.05, 4.69) is 15.1 Å². The third-order valence-electron chi connectivity index (χ3n) is 6.11. The molecule has 2 N–H and O–H groups in total. The topological polar surface area (TPSA) is 133 Å². The first-order valence-electron chi connectivity index (χ1n) is 11.9. The number of halogens is 1. The van der Waals surface area contributed by atoms with Gasteiger partial charge >= 0.3 is 0 Å². The number of aromatic nitrogens is 4. The molecule has 11 nitrogen and oxygen atoms in total. The summed E-state index contributed by atoms with van der Waals surface area (Å²) in [6.07, 6.45) is 1.49. The van der Waals surface area contributed by atoms with Crippen LogP contribution in [0.15, 0.2) is 27.9 Å². The lowest BCUT2D eigenvalue weighted by molar-refractivity contribution is 0.151. The predicted molar refractivity (Wildman–Crippen MR) is 138 cm³/mol. The summed E-state index contributed by atoms with van der Waals surface area (Å²) in [5.74, 6) is 1.32. The number of aromatic amines is 1. The average molecular weight is 541 g/mol. The first kappa shape index (κ1) is 28.1. The van der Waals surface area contributed by atoms with Gasteiger partial charge < -0.3 is 14.8 Å². The highest BCUT2D eigenvalue weighted by molar-refractivity contribution is 7.89. The molecule has 0 bridgehead atoms. The number of rotatable bonds is 9. The van der Waals surface area contributed by atoms with Gasteiger partial charge in [-0.2, -0.15) is 4.31 Å². The normalized spacial score (nSPS) is 15.2. The van der Waals surface area contributed by atoms with E-state index in [0.29, 0.717) is 74.1 Å². The minimum atomic E-state index is -3.78. The number of sulfonamides is 1. The molecule has 1 aliphatic heterocycles. The lowest BCUT2D eigenvalue weighted by atomic mass is 10.2. The molecule has 1 saturated heterocycles. The van der Waals surface area contributed by atoms with E-state index in [1.807, 2.05) is 18.7 Å². The SMILES string of the molecule is CCCc1nc(C)c2c(=O)[nH]c(-c3cc(S(=O)(=O)N4CCN(CCO)CC4)ccc3OCC)nn12.Cl. The molecule has 3 aromatic rings. The van der Waals surface area contributed by atoms with Crippen LogP contribution in [0.25, 0.3) is 16.9 Å². The quantitative estimate of drug-likeness (QED) is 0.417. The van der Waals surface area contributed by atoms with E-state index in [-0.39, 0.29) is 35.3 Å². The first-order valence-corrected chi connectivity index (χ1v) is 13.3. The molecule has 13 heteroatoms. The Kier molecular flexibility index (Phi) is 9.12. The third kappa shape index (κ3) is 5.42. The van der Waals surface area contributed by atoms with Crippen LogP contribution in [0.4, 0.5) is 0 Å². The number of fused-ring (bicyclic) bond motifs is 1. The smallest absolute Gasteiger partial charge is 0.277 e. The van der Waals surface area contributed by atoms with Gasteiger partial charge in [-0.15, -0.1) is 17.5 Å². The molecule has 1 aliphatic rings. The Labute approximate surface area is 216 Å². The zero-order chi connectivity index (χ0) is 25.2. The second-order valence-electron chi connectivity index (χ2n) is 8.49. The molecule has 3 heterocycles. The lowest BCUT2D eigenvalue weighted by Crippen LogP contribution is -2.49. The Morgan fingerprint density at radius 1 is 1.17 bits per heavy atom. The molecule has 2 aromatic heterocycles. The van der Waals surface area contributed by atoms with Crippen LogP contribution in [0.1, 0.15) is 31.8 Å². The summed E-state index contributed by atoms with van der Waals surface area (Å²) in [5.41, 5.74) is 1.01. The molecule has 36 heavy (non-hydrogen) atoms. The van der Waals surface area contributed by atoms with Crippen molar-refractivity contribution in [1.29, 1.82) is 0 Å². The molecular weight excluding hydrogens is 508 g/mol. The van der Waals surface area contributed by atoms with Gasteiger partial charge in [0, 0.05) is 39.1 Å². The van der Waals surface area contributed by atoms with Crippen LogP contribution < -0.4 is 10.3 Å². The number of hydrogen-bond acceptors (Lipinski definition) is 8. The number of H-pyrrole nitrogens is 1. The van der Waals surface area contributed by atoms with Crippen molar-refractivity contribution in [3.63, 3.8) is 0 Å². The van der Waals surface area contributed by atoms with Gasteiger partial charge in [-0.1, -0.05) is 6.92 Å². The zero-order valence-electron chi connectivity index (χ0n) is 20.7. The number of aryl methyl sites for hydroxylation is 2. The second-order valence-corrected chi connectivity index (χ2v) is 10.4. The number of nitrogens with one attached hydrogen (secondary N) is 1. The number of aliphatic hydroxyl groups excluding tert-OH is 1. The summed E-state index contributed by atoms with van der Waals surface area (Å²) in [7, 11) is -3.78. The van der Waals surface area contributed by atoms with Gasteiger partial charge in [0.1, 0.15) is 11.6 Å². The van der Waals surface area contributed by atoms with Crippen molar-refractivity contribution in [3.8, 4) is 17.1 Å². The number of piperazine rings is 1. The molecule has 1 fully saturated rings. The second kappa shape index (κ2) is 11.7. The zero-order valence-corrected chi connectivity index (χ0v) is 22.4. The fraction of sp³-hybridized carbons (Fsp3) is 0.522. The highest BCUT2D eigenvalue weighted by Crippen LogP contribution is 2.31. The number of aliphatic hydroxyl groups is 1. The average Bonchev–Trinajstić information content (AvgIpc) is 3.15. The molecular formula is C23H33ClN6O5S. The molecule has 1 aromatic carbocycles. The van der Waals surface area contributed by atoms with Crippen LogP contribution in [0.2, 0.25) is 0 Å². The van der Waals surface area contributed by atoms with Crippen LogP contribution in [0.5, 0.6) is 5.75 Å². The largest absolute Gasteiger partial charge is 0.493 e. The third-order valence-corrected chi connectivity index (χ3v) is 8.00. The van der Waals surface area contributed by atoms with E-state index in [1.165, 1.54) is 16.4 Å². The summed E-state index contributed by atoms with van der Waals surface area (Å²) in [6, 6.07) is 4.63. The minimum Gasteiger partial charge on any atom is -0.493 e. The van der Waals surface area contributed by atoms with Crippen LogP contribution in [-0.2, 0) is 16.4 Å². The van der Waals surface area contributed by atoms with Crippen molar-refractivity contribution >= 4 is 27.9 Å². The van der Waals surface area contributed by atoms with E-state index in [1.54, 1.807) is 17.5 Å². The van der Waals surface area contributed by atoms with Gasteiger partial charge in [0.05, 0.1) is 29.4 Å². The number of benzene rings is 1. The lowest BCUT2D eigenvalue weighted by Gasteiger charge is -2.33. The number of hydrogen-bond donors (Lipinski definition) is 2. The van der Waals surface area contributed by atoms with Crippen molar-refractivity contribution in [2.24, 2.45) is 0 Å².